The van der Waals surface area contributed by atoms with Crippen LogP contribution in [0.25, 0.3) is 0 Å². The summed E-state index contributed by atoms with van der Waals surface area (Å²) in [5.41, 5.74) is -0.0861. The Morgan fingerprint density at radius 3 is 2.59 bits per heavy atom. The van der Waals surface area contributed by atoms with E-state index in [2.05, 4.69) is 0 Å². The van der Waals surface area contributed by atoms with Gasteiger partial charge in [0.2, 0.25) is 5.82 Å². The van der Waals surface area contributed by atoms with E-state index in [1.165, 1.54) is 12.1 Å². The second-order valence-corrected chi connectivity index (χ2v) is 4.16. The second kappa shape index (κ2) is 5.72. The lowest BCUT2D eigenvalue weighted by Gasteiger charge is -2.24. The molecule has 0 amide bonds. The minimum atomic E-state index is -0.725. The van der Waals surface area contributed by atoms with Crippen LogP contribution in [-0.4, -0.2) is 22.4 Å². The second-order valence-electron chi connectivity index (χ2n) is 4.16. The van der Waals surface area contributed by atoms with Crippen LogP contribution in [0, 0.1) is 15.9 Å². The maximum Gasteiger partial charge on any atom is 0.305 e. The van der Waals surface area contributed by atoms with Gasteiger partial charge < -0.3 is 0 Å². The standard InChI is InChI=1S/C12H17FN2O2/c1-4-14(9(2)3)8-10-6-5-7-11(12(10)13)15(16)17/h5-7,9H,4,8H2,1-3H3. The monoisotopic (exact) mass is 240 g/mol. The first kappa shape index (κ1) is 13.6. The van der Waals surface area contributed by atoms with Crippen LogP contribution in [0.1, 0.15) is 26.3 Å². The van der Waals surface area contributed by atoms with E-state index < -0.39 is 16.4 Å². The van der Waals surface area contributed by atoms with E-state index in [0.717, 1.165) is 6.54 Å². The lowest BCUT2D eigenvalue weighted by atomic mass is 10.1. The lowest BCUT2D eigenvalue weighted by Crippen LogP contribution is -2.30. The van der Waals surface area contributed by atoms with Crippen molar-refractivity contribution in [1.82, 2.24) is 4.90 Å². The molecule has 0 saturated heterocycles. The molecule has 0 aliphatic rings. The molecule has 0 heterocycles. The zero-order valence-corrected chi connectivity index (χ0v) is 10.3. The molecular formula is C12H17FN2O2. The van der Waals surface area contributed by atoms with Gasteiger partial charge in [0.25, 0.3) is 0 Å². The molecule has 0 fully saturated rings. The van der Waals surface area contributed by atoms with Crippen molar-refractivity contribution in [3.63, 3.8) is 0 Å². The molecule has 1 rings (SSSR count). The SMILES string of the molecule is CCN(Cc1cccc([N+](=O)[O-])c1F)C(C)C. The predicted octanol–water partition coefficient (Wildman–Crippen LogP) is 2.96. The van der Waals surface area contributed by atoms with Gasteiger partial charge in [0, 0.05) is 24.2 Å². The minimum absolute atomic E-state index is 0.277. The number of hydrogen-bond acceptors (Lipinski definition) is 3. The Morgan fingerprint density at radius 2 is 2.12 bits per heavy atom. The summed E-state index contributed by atoms with van der Waals surface area (Å²) in [7, 11) is 0. The highest BCUT2D eigenvalue weighted by Gasteiger charge is 2.19. The Morgan fingerprint density at radius 1 is 1.47 bits per heavy atom. The molecule has 1 aromatic rings. The third-order valence-electron chi connectivity index (χ3n) is 2.76. The molecular weight excluding hydrogens is 223 g/mol. The third kappa shape index (κ3) is 3.23. The predicted molar refractivity (Wildman–Crippen MR) is 64.3 cm³/mol. The van der Waals surface area contributed by atoms with Crippen LogP contribution >= 0.6 is 0 Å². The average Bonchev–Trinajstić information content (AvgIpc) is 2.26. The molecule has 0 N–H and O–H groups in total. The summed E-state index contributed by atoms with van der Waals surface area (Å²) in [5, 5.41) is 10.6. The fraction of sp³-hybridized carbons (Fsp3) is 0.500. The summed E-state index contributed by atoms with van der Waals surface area (Å²) >= 11 is 0. The van der Waals surface area contributed by atoms with Crippen molar-refractivity contribution in [2.45, 2.75) is 33.4 Å². The topological polar surface area (TPSA) is 46.4 Å². The number of hydrogen-bond donors (Lipinski definition) is 0. The van der Waals surface area contributed by atoms with Crippen LogP contribution in [-0.2, 0) is 6.54 Å². The molecule has 0 aliphatic carbocycles. The van der Waals surface area contributed by atoms with Crippen LogP contribution in [0.15, 0.2) is 18.2 Å². The van der Waals surface area contributed by atoms with Gasteiger partial charge in [-0.2, -0.15) is 4.39 Å². The highest BCUT2D eigenvalue weighted by Crippen LogP contribution is 2.21. The van der Waals surface area contributed by atoms with E-state index in [9.17, 15) is 14.5 Å². The molecule has 0 aliphatic heterocycles. The fourth-order valence-electron chi connectivity index (χ4n) is 1.71. The van der Waals surface area contributed by atoms with Crippen LogP contribution in [0.2, 0.25) is 0 Å². The molecule has 0 aromatic heterocycles. The first-order valence-corrected chi connectivity index (χ1v) is 5.63. The third-order valence-corrected chi connectivity index (χ3v) is 2.76. The van der Waals surface area contributed by atoms with Crippen molar-refractivity contribution in [2.24, 2.45) is 0 Å². The van der Waals surface area contributed by atoms with E-state index in [1.54, 1.807) is 6.07 Å². The van der Waals surface area contributed by atoms with Gasteiger partial charge in [0.15, 0.2) is 0 Å². The van der Waals surface area contributed by atoms with Gasteiger partial charge in [-0.25, -0.2) is 0 Å². The van der Waals surface area contributed by atoms with Crippen LogP contribution < -0.4 is 0 Å². The summed E-state index contributed by atoms with van der Waals surface area (Å²) in [6, 6.07) is 4.57. The van der Waals surface area contributed by atoms with Gasteiger partial charge in [-0.15, -0.1) is 0 Å². The van der Waals surface area contributed by atoms with Crippen molar-refractivity contribution in [1.29, 1.82) is 0 Å². The smallest absolute Gasteiger partial charge is 0.297 e. The zero-order valence-electron chi connectivity index (χ0n) is 10.3. The molecule has 0 bridgehead atoms. The Bertz CT molecular complexity index is 407. The molecule has 0 saturated carbocycles. The molecule has 0 spiro atoms. The van der Waals surface area contributed by atoms with Gasteiger partial charge in [0.05, 0.1) is 4.92 Å². The van der Waals surface area contributed by atoms with Crippen LogP contribution in [0.5, 0.6) is 0 Å². The van der Waals surface area contributed by atoms with Crippen molar-refractivity contribution in [3.8, 4) is 0 Å². The first-order valence-electron chi connectivity index (χ1n) is 5.63. The lowest BCUT2D eigenvalue weighted by molar-refractivity contribution is -0.387. The molecule has 4 nitrogen and oxygen atoms in total. The highest BCUT2D eigenvalue weighted by atomic mass is 19.1. The maximum atomic E-state index is 13.8. The number of nitro groups is 1. The van der Waals surface area contributed by atoms with E-state index in [-0.39, 0.29) is 6.04 Å². The molecule has 0 radical (unpaired) electrons. The number of nitrogens with zero attached hydrogens (tertiary/aromatic N) is 2. The van der Waals surface area contributed by atoms with Crippen molar-refractivity contribution < 1.29 is 9.31 Å². The summed E-state index contributed by atoms with van der Waals surface area (Å²) in [5.74, 6) is -0.725. The van der Waals surface area contributed by atoms with Gasteiger partial charge in [-0.1, -0.05) is 19.1 Å². The summed E-state index contributed by atoms with van der Waals surface area (Å²) in [6.45, 7) is 7.17. The molecule has 17 heavy (non-hydrogen) atoms. The summed E-state index contributed by atoms with van der Waals surface area (Å²) < 4.78 is 13.8. The first-order chi connectivity index (χ1) is 7.97. The zero-order chi connectivity index (χ0) is 13.0. The van der Waals surface area contributed by atoms with Crippen LogP contribution in [0.3, 0.4) is 0 Å². The van der Waals surface area contributed by atoms with Gasteiger partial charge >= 0.3 is 5.69 Å². The Balaban J connectivity index is 2.99. The number of rotatable bonds is 5. The largest absolute Gasteiger partial charge is 0.305 e. The number of nitro benzene ring substituents is 1. The van der Waals surface area contributed by atoms with Crippen molar-refractivity contribution in [3.05, 3.63) is 39.7 Å². The Labute approximate surface area is 100 Å². The normalized spacial score (nSPS) is 11.2. The summed E-state index contributed by atoms with van der Waals surface area (Å²) in [6.07, 6.45) is 0. The number of benzene rings is 1. The molecule has 5 heteroatoms. The Kier molecular flexibility index (Phi) is 4.57. The summed E-state index contributed by atoms with van der Waals surface area (Å²) in [4.78, 5) is 12.0. The van der Waals surface area contributed by atoms with Crippen molar-refractivity contribution >= 4 is 5.69 Å². The van der Waals surface area contributed by atoms with Gasteiger partial charge in [-0.3, -0.25) is 15.0 Å². The number of halogens is 1. The average molecular weight is 240 g/mol. The molecule has 0 atom stereocenters. The van der Waals surface area contributed by atoms with E-state index in [0.29, 0.717) is 12.1 Å². The van der Waals surface area contributed by atoms with Crippen molar-refractivity contribution in [2.75, 3.05) is 6.54 Å². The van der Waals surface area contributed by atoms with E-state index >= 15 is 0 Å². The Hall–Kier alpha value is -1.49. The van der Waals surface area contributed by atoms with Crippen LogP contribution in [0.4, 0.5) is 10.1 Å². The van der Waals surface area contributed by atoms with E-state index in [4.69, 9.17) is 0 Å². The van der Waals surface area contributed by atoms with Gasteiger partial charge in [0.1, 0.15) is 0 Å². The maximum absolute atomic E-state index is 13.8. The highest BCUT2D eigenvalue weighted by molar-refractivity contribution is 5.36. The quantitative estimate of drug-likeness (QED) is 0.587. The fourth-order valence-corrected chi connectivity index (χ4v) is 1.71. The minimum Gasteiger partial charge on any atom is -0.297 e. The van der Waals surface area contributed by atoms with Gasteiger partial charge in [-0.05, 0) is 20.4 Å². The molecule has 1 aromatic carbocycles. The molecule has 94 valence electrons. The molecule has 0 unspecified atom stereocenters. The van der Waals surface area contributed by atoms with E-state index in [1.807, 2.05) is 25.7 Å².